The summed E-state index contributed by atoms with van der Waals surface area (Å²) in [5.74, 6) is -1.97. The van der Waals surface area contributed by atoms with Gasteiger partial charge in [0.15, 0.2) is 11.3 Å². The van der Waals surface area contributed by atoms with Crippen LogP contribution in [-0.2, 0) is 9.47 Å². The Bertz CT molecular complexity index is 1310. The number of nitrogens with zero attached hydrogens (tertiary/aromatic N) is 3. The molecule has 0 atom stereocenters. The van der Waals surface area contributed by atoms with Crippen LogP contribution in [0.3, 0.4) is 0 Å². The van der Waals surface area contributed by atoms with E-state index >= 15 is 0 Å². The van der Waals surface area contributed by atoms with Crippen LogP contribution in [-0.4, -0.2) is 45.2 Å². The topological polar surface area (TPSA) is 112 Å². The van der Waals surface area contributed by atoms with Crippen molar-refractivity contribution in [1.29, 1.82) is 0 Å². The van der Waals surface area contributed by atoms with Crippen LogP contribution in [0.4, 0.5) is 13.8 Å². The molecule has 0 aliphatic heterocycles. The Morgan fingerprint density at radius 3 is 2.54 bits per heavy atom. The van der Waals surface area contributed by atoms with E-state index < -0.39 is 30.4 Å². The smallest absolute Gasteiger partial charge is 0.348 e. The van der Waals surface area contributed by atoms with Crippen molar-refractivity contribution in [2.24, 2.45) is 0 Å². The van der Waals surface area contributed by atoms with Crippen molar-refractivity contribution >= 4 is 39.8 Å². The van der Waals surface area contributed by atoms with Gasteiger partial charge in [-0.25, -0.2) is 27.9 Å². The molecule has 3 aromatic rings. The molecule has 0 unspecified atom stereocenters. The third kappa shape index (κ3) is 5.02. The largest absolute Gasteiger partial charge is 0.462 e. The van der Waals surface area contributed by atoms with Crippen molar-refractivity contribution < 1.29 is 32.6 Å². The fourth-order valence-electron chi connectivity index (χ4n) is 3.55. The molecule has 1 saturated carbocycles. The third-order valence-electron chi connectivity index (χ3n) is 5.31. The quantitative estimate of drug-likeness (QED) is 0.432. The molecule has 3 heterocycles. The van der Waals surface area contributed by atoms with Gasteiger partial charge in [0.05, 0.1) is 18.3 Å². The maximum Gasteiger partial charge on any atom is 0.348 e. The Labute approximate surface area is 203 Å². The SMILES string of the molecule is CCOC(=O)c1sc(NC(=O)c2cc3nc(C4CC4)cc(C(F)F)n3n2)c(C(=O)OC(C)C)c1C. The molecule has 3 aromatic heterocycles. The van der Waals surface area contributed by atoms with E-state index in [1.165, 1.54) is 12.1 Å². The van der Waals surface area contributed by atoms with Gasteiger partial charge in [0.25, 0.3) is 12.3 Å². The molecular formula is C23H24F2N4O5S. The number of fused-ring (bicyclic) bond motifs is 1. The number of carbonyl (C=O) groups excluding carboxylic acids is 3. The molecule has 12 heteroatoms. The summed E-state index contributed by atoms with van der Waals surface area (Å²) in [4.78, 5) is 42.7. The van der Waals surface area contributed by atoms with Gasteiger partial charge >= 0.3 is 11.9 Å². The summed E-state index contributed by atoms with van der Waals surface area (Å²) in [6, 6.07) is 2.63. The maximum atomic E-state index is 13.7. The average molecular weight is 507 g/mol. The fraction of sp³-hybridized carbons (Fsp3) is 0.435. The molecule has 0 saturated heterocycles. The summed E-state index contributed by atoms with van der Waals surface area (Å²) in [7, 11) is 0. The Morgan fingerprint density at radius 2 is 1.94 bits per heavy atom. The third-order valence-corrected chi connectivity index (χ3v) is 6.50. The van der Waals surface area contributed by atoms with E-state index in [1.54, 1.807) is 27.7 Å². The molecule has 1 amide bonds. The zero-order valence-corrected chi connectivity index (χ0v) is 20.4. The second kappa shape index (κ2) is 9.68. The second-order valence-electron chi connectivity index (χ2n) is 8.37. The van der Waals surface area contributed by atoms with Crippen LogP contribution in [0.2, 0.25) is 0 Å². The minimum atomic E-state index is -2.81. The highest BCUT2D eigenvalue weighted by molar-refractivity contribution is 7.18. The van der Waals surface area contributed by atoms with Crippen molar-refractivity contribution in [2.75, 3.05) is 11.9 Å². The molecule has 35 heavy (non-hydrogen) atoms. The van der Waals surface area contributed by atoms with Gasteiger partial charge in [-0.2, -0.15) is 5.10 Å². The molecule has 0 spiro atoms. The zero-order valence-electron chi connectivity index (χ0n) is 19.6. The highest BCUT2D eigenvalue weighted by atomic mass is 32.1. The predicted octanol–water partition coefficient (Wildman–Crippen LogP) is 4.91. The maximum absolute atomic E-state index is 13.7. The fourth-order valence-corrected chi connectivity index (χ4v) is 4.64. The van der Waals surface area contributed by atoms with Crippen LogP contribution < -0.4 is 5.32 Å². The molecule has 4 rings (SSSR count). The minimum Gasteiger partial charge on any atom is -0.462 e. The van der Waals surface area contributed by atoms with Gasteiger partial charge < -0.3 is 14.8 Å². The van der Waals surface area contributed by atoms with Crippen LogP contribution in [0.25, 0.3) is 5.65 Å². The van der Waals surface area contributed by atoms with Gasteiger partial charge in [-0.1, -0.05) is 0 Å². The molecule has 0 aromatic carbocycles. The monoisotopic (exact) mass is 506 g/mol. The number of hydrogen-bond acceptors (Lipinski definition) is 8. The molecule has 0 radical (unpaired) electrons. The Balaban J connectivity index is 1.71. The van der Waals surface area contributed by atoms with Gasteiger partial charge in [0.2, 0.25) is 0 Å². The Hall–Kier alpha value is -3.41. The lowest BCUT2D eigenvalue weighted by Crippen LogP contribution is -2.17. The van der Waals surface area contributed by atoms with Crippen molar-refractivity contribution in [2.45, 2.75) is 59.0 Å². The number of carbonyl (C=O) groups is 3. The highest BCUT2D eigenvalue weighted by Crippen LogP contribution is 2.40. The van der Waals surface area contributed by atoms with Crippen LogP contribution in [0.5, 0.6) is 0 Å². The molecule has 1 aliphatic rings. The van der Waals surface area contributed by atoms with E-state index in [0.29, 0.717) is 11.3 Å². The number of anilines is 1. The van der Waals surface area contributed by atoms with Gasteiger partial charge in [-0.15, -0.1) is 11.3 Å². The second-order valence-corrected chi connectivity index (χ2v) is 9.39. The number of amides is 1. The first-order valence-electron chi connectivity index (χ1n) is 11.1. The lowest BCUT2D eigenvalue weighted by atomic mass is 10.1. The van der Waals surface area contributed by atoms with Crippen molar-refractivity contribution in [1.82, 2.24) is 14.6 Å². The van der Waals surface area contributed by atoms with E-state index in [4.69, 9.17) is 9.47 Å². The molecule has 1 aliphatic carbocycles. The molecule has 186 valence electrons. The molecule has 1 fully saturated rings. The molecule has 9 nitrogen and oxygen atoms in total. The van der Waals surface area contributed by atoms with Crippen LogP contribution >= 0.6 is 11.3 Å². The zero-order chi connectivity index (χ0) is 25.4. The van der Waals surface area contributed by atoms with E-state index in [2.05, 4.69) is 15.4 Å². The number of ether oxygens (including phenoxy) is 2. The van der Waals surface area contributed by atoms with Crippen molar-refractivity contribution in [3.63, 3.8) is 0 Å². The van der Waals surface area contributed by atoms with Crippen LogP contribution in [0.15, 0.2) is 12.1 Å². The number of nitrogens with one attached hydrogen (secondary N) is 1. The van der Waals surface area contributed by atoms with Crippen molar-refractivity contribution in [3.05, 3.63) is 45.2 Å². The van der Waals surface area contributed by atoms with E-state index in [1.807, 2.05) is 0 Å². The number of rotatable bonds is 8. The summed E-state index contributed by atoms with van der Waals surface area (Å²) >= 11 is 0.865. The predicted molar refractivity (Wildman–Crippen MR) is 123 cm³/mol. The number of alkyl halides is 2. The molecule has 1 N–H and O–H groups in total. The van der Waals surface area contributed by atoms with Gasteiger partial charge in [0.1, 0.15) is 15.6 Å². The summed E-state index contributed by atoms with van der Waals surface area (Å²) < 4.78 is 38.6. The highest BCUT2D eigenvalue weighted by Gasteiger charge is 2.30. The van der Waals surface area contributed by atoms with Gasteiger partial charge in [-0.05, 0) is 52.2 Å². The Morgan fingerprint density at radius 1 is 1.23 bits per heavy atom. The van der Waals surface area contributed by atoms with E-state index in [0.717, 1.165) is 28.7 Å². The number of thiophene rings is 1. The normalized spacial score (nSPS) is 13.5. The minimum absolute atomic E-state index is 0.0197. The van der Waals surface area contributed by atoms with Gasteiger partial charge in [0, 0.05) is 17.7 Å². The first-order chi connectivity index (χ1) is 16.6. The van der Waals surface area contributed by atoms with Crippen molar-refractivity contribution in [3.8, 4) is 0 Å². The van der Waals surface area contributed by atoms with E-state index in [9.17, 15) is 23.2 Å². The number of halogens is 2. The summed E-state index contributed by atoms with van der Waals surface area (Å²) in [5, 5.41) is 6.67. The summed E-state index contributed by atoms with van der Waals surface area (Å²) in [6.07, 6.45) is -1.49. The summed E-state index contributed by atoms with van der Waals surface area (Å²) in [6.45, 7) is 6.68. The lowest BCUT2D eigenvalue weighted by molar-refractivity contribution is 0.0379. The first kappa shape index (κ1) is 24.7. The van der Waals surface area contributed by atoms with Gasteiger partial charge in [-0.3, -0.25) is 4.79 Å². The standard InChI is InChI=1S/C23H24F2N4O5S/c1-5-33-23(32)18-11(4)17(22(31)34-10(2)3)21(35-18)27-20(30)14-9-16-26-13(12-6-7-12)8-15(19(24)25)29(16)28-14/h8-10,12,19H,5-7H2,1-4H3,(H,27,30). The lowest BCUT2D eigenvalue weighted by Gasteiger charge is -2.10. The number of esters is 2. The number of hydrogen-bond donors (Lipinski definition) is 1. The first-order valence-corrected chi connectivity index (χ1v) is 11.9. The Kier molecular flexibility index (Phi) is 6.84. The average Bonchev–Trinajstić information content (AvgIpc) is 3.45. The molecule has 0 bridgehead atoms. The summed E-state index contributed by atoms with van der Waals surface area (Å²) in [5.41, 5.74) is 0.481. The van der Waals surface area contributed by atoms with Crippen LogP contribution in [0.1, 0.15) is 93.4 Å². The van der Waals surface area contributed by atoms with Crippen LogP contribution in [0, 0.1) is 6.92 Å². The molecular weight excluding hydrogens is 482 g/mol. The number of aromatic nitrogens is 3. The van der Waals surface area contributed by atoms with E-state index in [-0.39, 0.29) is 45.0 Å².